The van der Waals surface area contributed by atoms with Crippen molar-refractivity contribution in [3.63, 3.8) is 0 Å². The van der Waals surface area contributed by atoms with Crippen molar-refractivity contribution in [3.8, 4) is 11.3 Å². The van der Waals surface area contributed by atoms with Gasteiger partial charge in [-0.15, -0.1) is 0 Å². The highest BCUT2D eigenvalue weighted by Crippen LogP contribution is 2.31. The van der Waals surface area contributed by atoms with Crippen LogP contribution in [0.15, 0.2) is 30.3 Å². The van der Waals surface area contributed by atoms with E-state index < -0.39 is 30.4 Å². The van der Waals surface area contributed by atoms with Gasteiger partial charge >= 0.3 is 5.97 Å². The molecule has 0 aliphatic rings. The molecule has 1 aromatic carbocycles. The summed E-state index contributed by atoms with van der Waals surface area (Å²) < 4.78 is 13.5. The van der Waals surface area contributed by atoms with Gasteiger partial charge in [-0.05, 0) is 30.2 Å². The quantitative estimate of drug-likeness (QED) is 0.542. The summed E-state index contributed by atoms with van der Waals surface area (Å²) in [5, 5.41) is 28.8. The number of hydrogen-bond acceptors (Lipinski definition) is 6. The average molecular weight is 445 g/mol. The van der Waals surface area contributed by atoms with Gasteiger partial charge in [0.15, 0.2) is 0 Å². The molecular weight excluding hydrogens is 417 g/mol. The summed E-state index contributed by atoms with van der Waals surface area (Å²) in [7, 11) is 1.55. The SMILES string of the molecule is CC(=O)N(C)c1nc(-c2ccc(F)cc2)c(C=C[C@@H](O)C[C@@H](O)CC(=O)O)c(C(C)C)n1. The largest absolute Gasteiger partial charge is 0.481 e. The number of rotatable bonds is 9. The van der Waals surface area contributed by atoms with Gasteiger partial charge in [-0.2, -0.15) is 0 Å². The normalized spacial score (nSPS) is 13.4. The first-order chi connectivity index (χ1) is 15.0. The Bertz CT molecular complexity index is 992. The van der Waals surface area contributed by atoms with Crippen LogP contribution in [-0.4, -0.2) is 56.4 Å². The molecule has 8 nitrogen and oxygen atoms in total. The number of anilines is 1. The average Bonchev–Trinajstić information content (AvgIpc) is 2.70. The number of amides is 1. The van der Waals surface area contributed by atoms with Crippen LogP contribution in [0.5, 0.6) is 0 Å². The molecule has 1 amide bonds. The Morgan fingerprint density at radius 3 is 2.31 bits per heavy atom. The van der Waals surface area contributed by atoms with Crippen LogP contribution in [-0.2, 0) is 9.59 Å². The maximum atomic E-state index is 13.5. The standard InChI is InChI=1S/C23H28FN3O5/c1-13(2)21-19(10-9-17(29)11-18(30)12-20(31)32)22(15-5-7-16(24)8-6-15)26-23(25-21)27(4)14(3)28/h5-10,13,17-18,29-30H,11-12H2,1-4H3,(H,31,32)/t17-,18-/m1/s1. The summed E-state index contributed by atoms with van der Waals surface area (Å²) in [5.41, 5.74) is 2.21. The fourth-order valence-corrected chi connectivity index (χ4v) is 3.05. The van der Waals surface area contributed by atoms with Gasteiger partial charge in [0.1, 0.15) is 5.82 Å². The predicted molar refractivity (Wildman–Crippen MR) is 119 cm³/mol. The lowest BCUT2D eigenvalue weighted by molar-refractivity contribution is -0.139. The van der Waals surface area contributed by atoms with Gasteiger partial charge in [-0.3, -0.25) is 14.5 Å². The van der Waals surface area contributed by atoms with Crippen LogP contribution >= 0.6 is 0 Å². The number of aliphatic carboxylic acids is 1. The molecule has 0 aliphatic carbocycles. The number of carboxylic acid groups (broad SMARTS) is 1. The Morgan fingerprint density at radius 1 is 1.16 bits per heavy atom. The molecule has 1 aromatic heterocycles. The first-order valence-corrected chi connectivity index (χ1v) is 10.2. The van der Waals surface area contributed by atoms with Crippen molar-refractivity contribution >= 4 is 23.9 Å². The van der Waals surface area contributed by atoms with Gasteiger partial charge in [0.25, 0.3) is 0 Å². The Morgan fingerprint density at radius 2 is 1.78 bits per heavy atom. The van der Waals surface area contributed by atoms with Crippen LogP contribution in [0, 0.1) is 5.82 Å². The number of nitrogens with zero attached hydrogens (tertiary/aromatic N) is 3. The van der Waals surface area contributed by atoms with Gasteiger partial charge in [-0.1, -0.05) is 26.0 Å². The van der Waals surface area contributed by atoms with E-state index in [1.165, 1.54) is 30.0 Å². The van der Waals surface area contributed by atoms with Gasteiger partial charge in [0, 0.05) is 31.5 Å². The van der Waals surface area contributed by atoms with E-state index in [1.54, 1.807) is 25.3 Å². The van der Waals surface area contributed by atoms with Gasteiger partial charge in [0.2, 0.25) is 11.9 Å². The molecule has 0 saturated heterocycles. The highest BCUT2D eigenvalue weighted by Gasteiger charge is 2.20. The molecule has 0 aliphatic heterocycles. The topological polar surface area (TPSA) is 124 Å². The summed E-state index contributed by atoms with van der Waals surface area (Å²) >= 11 is 0. The van der Waals surface area contributed by atoms with Crippen molar-refractivity contribution in [2.45, 2.75) is 51.7 Å². The molecule has 0 fully saturated rings. The number of carbonyl (C=O) groups is 2. The van der Waals surface area contributed by atoms with Gasteiger partial charge < -0.3 is 15.3 Å². The lowest BCUT2D eigenvalue weighted by Gasteiger charge is -2.20. The maximum absolute atomic E-state index is 13.5. The number of halogens is 1. The monoisotopic (exact) mass is 445 g/mol. The minimum atomic E-state index is -1.20. The number of carboxylic acids is 1. The second-order valence-electron chi connectivity index (χ2n) is 7.82. The highest BCUT2D eigenvalue weighted by atomic mass is 19.1. The van der Waals surface area contributed by atoms with Gasteiger partial charge in [0.05, 0.1) is 30.0 Å². The zero-order valence-corrected chi connectivity index (χ0v) is 18.5. The van der Waals surface area contributed by atoms with Crippen LogP contribution in [0.2, 0.25) is 0 Å². The third kappa shape index (κ3) is 6.66. The number of carbonyl (C=O) groups excluding carboxylic acids is 1. The van der Waals surface area contributed by atoms with Crippen molar-refractivity contribution in [2.75, 3.05) is 11.9 Å². The van der Waals surface area contributed by atoms with Crippen LogP contribution in [0.1, 0.15) is 50.8 Å². The van der Waals surface area contributed by atoms with Crippen molar-refractivity contribution < 1.29 is 29.3 Å². The molecule has 2 rings (SSSR count). The minimum absolute atomic E-state index is 0.0781. The van der Waals surface area contributed by atoms with Gasteiger partial charge in [-0.25, -0.2) is 14.4 Å². The van der Waals surface area contributed by atoms with Crippen molar-refractivity contribution in [1.29, 1.82) is 0 Å². The van der Waals surface area contributed by atoms with Crippen molar-refractivity contribution in [2.24, 2.45) is 0 Å². The molecule has 0 radical (unpaired) electrons. The molecule has 0 bridgehead atoms. The summed E-state index contributed by atoms with van der Waals surface area (Å²) in [4.78, 5) is 33.0. The molecule has 0 spiro atoms. The second kappa shape index (κ2) is 10.9. The summed E-state index contributed by atoms with van der Waals surface area (Å²) in [6.07, 6.45) is 0.0949. The Hall–Kier alpha value is -3.17. The third-order valence-corrected chi connectivity index (χ3v) is 4.81. The zero-order chi connectivity index (χ0) is 24.0. The first-order valence-electron chi connectivity index (χ1n) is 10.2. The number of aliphatic hydroxyl groups excluding tert-OH is 2. The van der Waals surface area contributed by atoms with E-state index in [1.807, 2.05) is 13.8 Å². The summed E-state index contributed by atoms with van der Waals surface area (Å²) in [6, 6.07) is 5.71. The lowest BCUT2D eigenvalue weighted by atomic mass is 9.97. The molecule has 32 heavy (non-hydrogen) atoms. The molecule has 1 heterocycles. The Labute approximate surface area is 186 Å². The fraction of sp³-hybridized carbons (Fsp3) is 0.391. The smallest absolute Gasteiger partial charge is 0.305 e. The van der Waals surface area contributed by atoms with E-state index in [0.29, 0.717) is 22.5 Å². The number of aliphatic hydroxyl groups is 2. The molecule has 0 saturated carbocycles. The molecule has 2 atom stereocenters. The highest BCUT2D eigenvalue weighted by molar-refractivity contribution is 5.89. The van der Waals surface area contributed by atoms with E-state index >= 15 is 0 Å². The first kappa shape index (κ1) is 25.1. The van der Waals surface area contributed by atoms with Crippen LogP contribution < -0.4 is 4.90 Å². The van der Waals surface area contributed by atoms with Crippen molar-refractivity contribution in [3.05, 3.63) is 47.4 Å². The predicted octanol–water partition coefficient (Wildman–Crippen LogP) is 2.99. The number of hydrogen-bond donors (Lipinski definition) is 3. The zero-order valence-electron chi connectivity index (χ0n) is 18.5. The molecular formula is C23H28FN3O5. The van der Waals surface area contributed by atoms with E-state index in [0.717, 1.165) is 0 Å². The second-order valence-corrected chi connectivity index (χ2v) is 7.82. The van der Waals surface area contributed by atoms with E-state index in [9.17, 15) is 24.2 Å². The third-order valence-electron chi connectivity index (χ3n) is 4.81. The van der Waals surface area contributed by atoms with Crippen LogP contribution in [0.3, 0.4) is 0 Å². The Kier molecular flexibility index (Phi) is 8.56. The van der Waals surface area contributed by atoms with Crippen LogP contribution in [0.25, 0.3) is 17.3 Å². The van der Waals surface area contributed by atoms with Crippen molar-refractivity contribution in [1.82, 2.24) is 9.97 Å². The van der Waals surface area contributed by atoms with E-state index in [-0.39, 0.29) is 24.2 Å². The fourth-order valence-electron chi connectivity index (χ4n) is 3.05. The van der Waals surface area contributed by atoms with E-state index in [2.05, 4.69) is 9.97 Å². The summed E-state index contributed by atoms with van der Waals surface area (Å²) in [6.45, 7) is 5.22. The van der Waals surface area contributed by atoms with E-state index in [4.69, 9.17) is 5.11 Å². The molecule has 2 aromatic rings. The molecule has 9 heteroatoms. The maximum Gasteiger partial charge on any atom is 0.305 e. The molecule has 172 valence electrons. The molecule has 3 N–H and O–H groups in total. The minimum Gasteiger partial charge on any atom is -0.481 e. The summed E-state index contributed by atoms with van der Waals surface area (Å²) in [5.74, 6) is -1.71. The Balaban J connectivity index is 2.56. The van der Waals surface area contributed by atoms with Crippen LogP contribution in [0.4, 0.5) is 10.3 Å². The lowest BCUT2D eigenvalue weighted by Crippen LogP contribution is -2.26. The number of aromatic nitrogens is 2. The number of benzene rings is 1. The molecule has 0 unspecified atom stereocenters.